The Hall–Kier alpha value is -1.58. The summed E-state index contributed by atoms with van der Waals surface area (Å²) in [6.45, 7) is 0. The molecule has 0 unspecified atom stereocenters. The fourth-order valence-electron chi connectivity index (χ4n) is 2.30. The topological polar surface area (TPSA) is 35.5 Å². The maximum Gasteiger partial charge on any atom is 0.308 e. The van der Waals surface area contributed by atoms with E-state index in [1.165, 1.54) is 13.2 Å². The zero-order chi connectivity index (χ0) is 13.0. The molecule has 98 valence electrons. The van der Waals surface area contributed by atoms with E-state index in [-0.39, 0.29) is 23.8 Å². The molecular formula is C14H17FO3. The normalized spacial score (nSPS) is 23.4. The number of carbonyl (C=O) groups is 1. The number of methoxy groups -OCH3 is 1. The predicted molar refractivity (Wildman–Crippen MR) is 64.8 cm³/mol. The van der Waals surface area contributed by atoms with Gasteiger partial charge in [-0.15, -0.1) is 0 Å². The Morgan fingerprint density at radius 2 is 1.89 bits per heavy atom. The molecular weight excluding hydrogens is 235 g/mol. The first-order chi connectivity index (χ1) is 8.70. The lowest BCUT2D eigenvalue weighted by molar-refractivity contribution is -0.147. The average Bonchev–Trinajstić information content (AvgIpc) is 2.41. The average molecular weight is 252 g/mol. The van der Waals surface area contributed by atoms with Gasteiger partial charge in [0.05, 0.1) is 19.1 Å². The van der Waals surface area contributed by atoms with Crippen molar-refractivity contribution in [2.24, 2.45) is 5.92 Å². The monoisotopic (exact) mass is 252 g/mol. The van der Waals surface area contributed by atoms with Crippen molar-refractivity contribution in [1.82, 2.24) is 0 Å². The smallest absolute Gasteiger partial charge is 0.308 e. The molecule has 1 saturated carbocycles. The Bertz CT molecular complexity index is 411. The van der Waals surface area contributed by atoms with Gasteiger partial charge in [-0.3, -0.25) is 4.79 Å². The molecule has 0 saturated heterocycles. The van der Waals surface area contributed by atoms with Crippen LogP contribution in [0, 0.1) is 11.7 Å². The fraction of sp³-hybridized carbons (Fsp3) is 0.500. The van der Waals surface area contributed by atoms with Gasteiger partial charge in [0.15, 0.2) is 11.6 Å². The minimum absolute atomic E-state index is 0.0113. The van der Waals surface area contributed by atoms with Crippen LogP contribution in [0.25, 0.3) is 0 Å². The van der Waals surface area contributed by atoms with E-state index in [9.17, 15) is 9.18 Å². The molecule has 0 N–H and O–H groups in total. The number of rotatable bonds is 3. The third-order valence-corrected chi connectivity index (χ3v) is 3.34. The van der Waals surface area contributed by atoms with Crippen LogP contribution in [0.1, 0.15) is 25.7 Å². The van der Waals surface area contributed by atoms with Gasteiger partial charge in [0.25, 0.3) is 0 Å². The molecule has 0 atom stereocenters. The van der Waals surface area contributed by atoms with Crippen LogP contribution in [-0.4, -0.2) is 19.2 Å². The number of hydrogen-bond donors (Lipinski definition) is 0. The summed E-state index contributed by atoms with van der Waals surface area (Å²) in [6.07, 6.45) is 2.99. The standard InChI is InChI=1S/C14H17FO3/c1-17-14(16)10-6-8-11(9-7-10)18-13-5-3-2-4-12(13)15/h2-5,10-11H,6-9H2,1H3. The summed E-state index contributed by atoms with van der Waals surface area (Å²) in [5.74, 6) is -0.235. The van der Waals surface area contributed by atoms with E-state index in [2.05, 4.69) is 0 Å². The highest BCUT2D eigenvalue weighted by Crippen LogP contribution is 2.29. The lowest BCUT2D eigenvalue weighted by atomic mass is 9.87. The number of esters is 1. The van der Waals surface area contributed by atoms with Crippen molar-refractivity contribution >= 4 is 5.97 Å². The van der Waals surface area contributed by atoms with Crippen LogP contribution in [0.4, 0.5) is 4.39 Å². The van der Waals surface area contributed by atoms with Gasteiger partial charge in [0.2, 0.25) is 0 Å². The van der Waals surface area contributed by atoms with E-state index in [0.717, 1.165) is 25.7 Å². The van der Waals surface area contributed by atoms with Gasteiger partial charge in [-0.2, -0.15) is 0 Å². The van der Waals surface area contributed by atoms with Crippen LogP contribution in [0.15, 0.2) is 24.3 Å². The third-order valence-electron chi connectivity index (χ3n) is 3.34. The van der Waals surface area contributed by atoms with E-state index in [1.54, 1.807) is 18.2 Å². The lowest BCUT2D eigenvalue weighted by Crippen LogP contribution is -2.28. The SMILES string of the molecule is COC(=O)C1CCC(Oc2ccccc2F)CC1. The fourth-order valence-corrected chi connectivity index (χ4v) is 2.30. The second-order valence-corrected chi connectivity index (χ2v) is 4.55. The largest absolute Gasteiger partial charge is 0.487 e. The number of hydrogen-bond acceptors (Lipinski definition) is 3. The number of benzene rings is 1. The van der Waals surface area contributed by atoms with Gasteiger partial charge in [-0.1, -0.05) is 12.1 Å². The summed E-state index contributed by atoms with van der Waals surface area (Å²) in [6, 6.07) is 6.39. The second kappa shape index (κ2) is 5.85. The number of para-hydroxylation sites is 1. The van der Waals surface area contributed by atoms with E-state index < -0.39 is 0 Å². The lowest BCUT2D eigenvalue weighted by Gasteiger charge is -2.27. The minimum atomic E-state index is -0.340. The molecule has 1 aromatic carbocycles. The number of halogens is 1. The van der Waals surface area contributed by atoms with Crippen molar-refractivity contribution in [3.63, 3.8) is 0 Å². The summed E-state index contributed by atoms with van der Waals surface area (Å²) in [7, 11) is 1.41. The Balaban J connectivity index is 1.87. The molecule has 1 fully saturated rings. The van der Waals surface area contributed by atoms with Crippen molar-refractivity contribution in [3.05, 3.63) is 30.1 Å². The minimum Gasteiger partial charge on any atom is -0.487 e. The molecule has 0 aliphatic heterocycles. The van der Waals surface area contributed by atoms with Gasteiger partial charge in [-0.05, 0) is 37.8 Å². The van der Waals surface area contributed by atoms with Gasteiger partial charge in [-0.25, -0.2) is 4.39 Å². The van der Waals surface area contributed by atoms with Crippen molar-refractivity contribution in [1.29, 1.82) is 0 Å². The number of ether oxygens (including phenoxy) is 2. The Morgan fingerprint density at radius 3 is 2.50 bits per heavy atom. The van der Waals surface area contributed by atoms with E-state index in [1.807, 2.05) is 0 Å². The van der Waals surface area contributed by atoms with Crippen LogP contribution in [0.3, 0.4) is 0 Å². The van der Waals surface area contributed by atoms with E-state index in [0.29, 0.717) is 5.75 Å². The van der Waals surface area contributed by atoms with Crippen LogP contribution in [-0.2, 0) is 9.53 Å². The Kier molecular flexibility index (Phi) is 4.18. The molecule has 0 heterocycles. The van der Waals surface area contributed by atoms with Crippen LogP contribution >= 0.6 is 0 Å². The summed E-state index contributed by atoms with van der Waals surface area (Å²) in [5.41, 5.74) is 0. The van der Waals surface area contributed by atoms with Crippen molar-refractivity contribution < 1.29 is 18.7 Å². The molecule has 0 spiro atoms. The van der Waals surface area contributed by atoms with Crippen molar-refractivity contribution in [3.8, 4) is 5.75 Å². The third kappa shape index (κ3) is 3.00. The molecule has 0 radical (unpaired) electrons. The summed E-state index contributed by atoms with van der Waals surface area (Å²) >= 11 is 0. The van der Waals surface area contributed by atoms with Crippen LogP contribution in [0.2, 0.25) is 0 Å². The highest BCUT2D eigenvalue weighted by Gasteiger charge is 2.28. The van der Waals surface area contributed by atoms with E-state index >= 15 is 0 Å². The molecule has 1 aliphatic carbocycles. The quantitative estimate of drug-likeness (QED) is 0.776. The second-order valence-electron chi connectivity index (χ2n) is 4.55. The first-order valence-electron chi connectivity index (χ1n) is 6.19. The van der Waals surface area contributed by atoms with Crippen LogP contribution in [0.5, 0.6) is 5.75 Å². The zero-order valence-corrected chi connectivity index (χ0v) is 10.4. The highest BCUT2D eigenvalue weighted by molar-refractivity contribution is 5.72. The summed E-state index contributed by atoms with van der Waals surface area (Å²) in [5, 5.41) is 0. The molecule has 4 heteroatoms. The maximum absolute atomic E-state index is 13.4. The molecule has 1 aliphatic rings. The first kappa shape index (κ1) is 12.9. The molecule has 0 amide bonds. The van der Waals surface area contributed by atoms with Gasteiger partial charge < -0.3 is 9.47 Å². The van der Waals surface area contributed by atoms with Gasteiger partial charge >= 0.3 is 5.97 Å². The van der Waals surface area contributed by atoms with Crippen molar-refractivity contribution in [2.45, 2.75) is 31.8 Å². The van der Waals surface area contributed by atoms with Crippen LogP contribution < -0.4 is 4.74 Å². The van der Waals surface area contributed by atoms with Crippen molar-refractivity contribution in [2.75, 3.05) is 7.11 Å². The number of carbonyl (C=O) groups excluding carboxylic acids is 1. The molecule has 0 aromatic heterocycles. The molecule has 2 rings (SSSR count). The summed E-state index contributed by atoms with van der Waals surface area (Å²) in [4.78, 5) is 11.4. The maximum atomic E-state index is 13.4. The first-order valence-corrected chi connectivity index (χ1v) is 6.19. The molecule has 18 heavy (non-hydrogen) atoms. The Morgan fingerprint density at radius 1 is 1.22 bits per heavy atom. The van der Waals surface area contributed by atoms with Gasteiger partial charge in [0.1, 0.15) is 0 Å². The predicted octanol–water partition coefficient (Wildman–Crippen LogP) is 2.94. The summed E-state index contributed by atoms with van der Waals surface area (Å²) < 4.78 is 23.7. The van der Waals surface area contributed by atoms with Gasteiger partial charge in [0, 0.05) is 0 Å². The van der Waals surface area contributed by atoms with E-state index in [4.69, 9.17) is 9.47 Å². The highest BCUT2D eigenvalue weighted by atomic mass is 19.1. The Labute approximate surface area is 106 Å². The zero-order valence-electron chi connectivity index (χ0n) is 10.4. The molecule has 3 nitrogen and oxygen atoms in total. The molecule has 1 aromatic rings. The molecule has 0 bridgehead atoms.